The van der Waals surface area contributed by atoms with E-state index >= 15 is 0 Å². The van der Waals surface area contributed by atoms with E-state index in [1.54, 1.807) is 0 Å². The van der Waals surface area contributed by atoms with Crippen LogP contribution in [-0.2, 0) is 5.54 Å². The normalized spacial score (nSPS) is 17.8. The molecule has 0 unspecified atom stereocenters. The van der Waals surface area contributed by atoms with Crippen molar-refractivity contribution in [2.45, 2.75) is 31.2 Å². The second kappa shape index (κ2) is 4.38. The van der Waals surface area contributed by atoms with Crippen molar-refractivity contribution in [1.82, 2.24) is 10.1 Å². The Hall–Kier alpha value is -1.82. The van der Waals surface area contributed by atoms with Gasteiger partial charge in [0.25, 0.3) is 5.89 Å². The maximum Gasteiger partial charge on any atom is 0.261 e. The molecule has 1 aromatic carbocycles. The quantitative estimate of drug-likeness (QED) is 0.906. The highest BCUT2D eigenvalue weighted by Gasteiger charge is 2.36. The van der Waals surface area contributed by atoms with Gasteiger partial charge in [-0.15, -0.1) is 0 Å². The fourth-order valence-corrected chi connectivity index (χ4v) is 2.43. The lowest BCUT2D eigenvalue weighted by Gasteiger charge is -2.17. The van der Waals surface area contributed by atoms with Gasteiger partial charge in [-0.1, -0.05) is 18.0 Å². The first-order chi connectivity index (χ1) is 9.08. The Morgan fingerprint density at radius 1 is 1.21 bits per heavy atom. The first-order valence-corrected chi connectivity index (χ1v) is 6.17. The minimum Gasteiger partial charge on any atom is -0.334 e. The molecular formula is C13H13F2N3O. The minimum absolute atomic E-state index is 0.0382. The van der Waals surface area contributed by atoms with Crippen molar-refractivity contribution in [3.63, 3.8) is 0 Å². The van der Waals surface area contributed by atoms with E-state index in [0.29, 0.717) is 5.82 Å². The van der Waals surface area contributed by atoms with Crippen molar-refractivity contribution in [3.8, 4) is 11.5 Å². The molecule has 1 fully saturated rings. The third kappa shape index (κ3) is 2.12. The minimum atomic E-state index is -0.606. The van der Waals surface area contributed by atoms with Crippen molar-refractivity contribution in [1.29, 1.82) is 0 Å². The van der Waals surface area contributed by atoms with E-state index in [9.17, 15) is 8.78 Å². The molecule has 0 spiro atoms. The number of benzene rings is 1. The van der Waals surface area contributed by atoms with Gasteiger partial charge in [0, 0.05) is 0 Å². The van der Waals surface area contributed by atoms with E-state index < -0.39 is 17.2 Å². The van der Waals surface area contributed by atoms with Crippen molar-refractivity contribution >= 4 is 0 Å². The number of hydrogen-bond donors (Lipinski definition) is 1. The van der Waals surface area contributed by atoms with Gasteiger partial charge in [0.05, 0.1) is 11.1 Å². The molecule has 0 saturated heterocycles. The average Bonchev–Trinajstić information content (AvgIpc) is 3.02. The fourth-order valence-electron chi connectivity index (χ4n) is 2.43. The molecule has 0 atom stereocenters. The fraction of sp³-hybridized carbons (Fsp3) is 0.385. The Morgan fingerprint density at radius 2 is 1.95 bits per heavy atom. The van der Waals surface area contributed by atoms with E-state index in [4.69, 9.17) is 10.3 Å². The summed E-state index contributed by atoms with van der Waals surface area (Å²) in [5.41, 5.74) is 5.54. The Kier molecular flexibility index (Phi) is 2.82. The first-order valence-electron chi connectivity index (χ1n) is 6.17. The van der Waals surface area contributed by atoms with Crippen LogP contribution in [-0.4, -0.2) is 10.1 Å². The van der Waals surface area contributed by atoms with Crippen LogP contribution in [0.5, 0.6) is 0 Å². The first kappa shape index (κ1) is 12.2. The highest BCUT2D eigenvalue weighted by Crippen LogP contribution is 2.35. The summed E-state index contributed by atoms with van der Waals surface area (Å²) >= 11 is 0. The molecule has 19 heavy (non-hydrogen) atoms. The van der Waals surface area contributed by atoms with Crippen LogP contribution < -0.4 is 5.73 Å². The van der Waals surface area contributed by atoms with Crippen LogP contribution >= 0.6 is 0 Å². The van der Waals surface area contributed by atoms with E-state index in [1.807, 2.05) is 0 Å². The lowest BCUT2D eigenvalue weighted by Crippen LogP contribution is -2.34. The van der Waals surface area contributed by atoms with Gasteiger partial charge in [0.15, 0.2) is 5.82 Å². The van der Waals surface area contributed by atoms with Gasteiger partial charge in [-0.2, -0.15) is 4.98 Å². The predicted molar refractivity (Wildman–Crippen MR) is 64.0 cm³/mol. The largest absolute Gasteiger partial charge is 0.334 e. The maximum absolute atomic E-state index is 13.6. The summed E-state index contributed by atoms with van der Waals surface area (Å²) in [7, 11) is 0. The van der Waals surface area contributed by atoms with E-state index in [-0.39, 0.29) is 11.5 Å². The second-order valence-corrected chi connectivity index (χ2v) is 4.91. The number of nitrogens with two attached hydrogens (primary N) is 1. The number of rotatable bonds is 2. The lowest BCUT2D eigenvalue weighted by molar-refractivity contribution is 0.372. The summed E-state index contributed by atoms with van der Waals surface area (Å²) in [6.07, 6.45) is 3.57. The van der Waals surface area contributed by atoms with Crippen LogP contribution in [0.2, 0.25) is 0 Å². The van der Waals surface area contributed by atoms with E-state index in [2.05, 4.69) is 10.1 Å². The molecular weight excluding hydrogens is 252 g/mol. The molecule has 1 aliphatic carbocycles. The van der Waals surface area contributed by atoms with Crippen LogP contribution in [0.25, 0.3) is 11.5 Å². The summed E-state index contributed by atoms with van der Waals surface area (Å²) in [5, 5.41) is 3.82. The van der Waals surface area contributed by atoms with Crippen LogP contribution in [0.3, 0.4) is 0 Å². The van der Waals surface area contributed by atoms with E-state index in [0.717, 1.165) is 43.9 Å². The zero-order chi connectivity index (χ0) is 13.5. The average molecular weight is 265 g/mol. The van der Waals surface area contributed by atoms with Gasteiger partial charge < -0.3 is 10.3 Å². The van der Waals surface area contributed by atoms with Crippen LogP contribution in [0, 0.1) is 11.6 Å². The van der Waals surface area contributed by atoms with Crippen LogP contribution in [0.15, 0.2) is 22.7 Å². The third-order valence-corrected chi connectivity index (χ3v) is 3.53. The summed E-state index contributed by atoms with van der Waals surface area (Å²) in [5.74, 6) is -0.832. The molecule has 0 radical (unpaired) electrons. The summed E-state index contributed by atoms with van der Waals surface area (Å²) in [4.78, 5) is 4.13. The van der Waals surface area contributed by atoms with Gasteiger partial charge in [0.1, 0.15) is 11.6 Å². The van der Waals surface area contributed by atoms with E-state index in [1.165, 1.54) is 0 Å². The molecule has 1 saturated carbocycles. The lowest BCUT2D eigenvalue weighted by atomic mass is 9.99. The number of aromatic nitrogens is 2. The van der Waals surface area contributed by atoms with Gasteiger partial charge in [-0.3, -0.25) is 0 Å². The molecule has 0 bridgehead atoms. The monoisotopic (exact) mass is 265 g/mol. The summed E-state index contributed by atoms with van der Waals surface area (Å²) in [6.45, 7) is 0. The molecule has 1 aliphatic rings. The SMILES string of the molecule is NC1(c2noc(-c3cc(F)ccc3F)n2)CCCC1. The highest BCUT2D eigenvalue weighted by molar-refractivity contribution is 5.53. The van der Waals surface area contributed by atoms with Crippen molar-refractivity contribution < 1.29 is 13.3 Å². The molecule has 3 rings (SSSR count). The van der Waals surface area contributed by atoms with Gasteiger partial charge >= 0.3 is 0 Å². The third-order valence-electron chi connectivity index (χ3n) is 3.53. The molecule has 2 aromatic rings. The van der Waals surface area contributed by atoms with Crippen LogP contribution in [0.4, 0.5) is 8.78 Å². The Balaban J connectivity index is 1.99. The zero-order valence-electron chi connectivity index (χ0n) is 10.2. The van der Waals surface area contributed by atoms with Gasteiger partial charge in [-0.05, 0) is 31.0 Å². The molecule has 0 amide bonds. The standard InChI is InChI=1S/C13H13F2N3O/c14-8-3-4-10(15)9(7-8)11-17-12(18-19-11)13(16)5-1-2-6-13/h3-4,7H,1-2,5-6,16H2. The van der Waals surface area contributed by atoms with Crippen LogP contribution in [0.1, 0.15) is 31.5 Å². The molecule has 1 heterocycles. The van der Waals surface area contributed by atoms with Crippen molar-refractivity contribution in [2.24, 2.45) is 5.73 Å². The molecule has 0 aliphatic heterocycles. The number of halogens is 2. The molecule has 100 valence electrons. The number of nitrogens with zero attached hydrogens (tertiary/aromatic N) is 2. The highest BCUT2D eigenvalue weighted by atomic mass is 19.1. The Bertz CT molecular complexity index is 606. The van der Waals surface area contributed by atoms with Crippen molar-refractivity contribution in [2.75, 3.05) is 0 Å². The predicted octanol–water partition coefficient (Wildman–Crippen LogP) is 2.74. The molecule has 6 heteroatoms. The smallest absolute Gasteiger partial charge is 0.261 e. The zero-order valence-corrected chi connectivity index (χ0v) is 10.2. The van der Waals surface area contributed by atoms with Gasteiger partial charge in [0.2, 0.25) is 0 Å². The molecule has 2 N–H and O–H groups in total. The van der Waals surface area contributed by atoms with Crippen molar-refractivity contribution in [3.05, 3.63) is 35.7 Å². The Labute approximate surface area is 108 Å². The summed E-state index contributed by atoms with van der Waals surface area (Å²) < 4.78 is 31.8. The van der Waals surface area contributed by atoms with Gasteiger partial charge in [-0.25, -0.2) is 8.78 Å². The maximum atomic E-state index is 13.6. The molecule has 1 aromatic heterocycles. The number of hydrogen-bond acceptors (Lipinski definition) is 4. The second-order valence-electron chi connectivity index (χ2n) is 4.91. The Morgan fingerprint density at radius 3 is 2.68 bits per heavy atom. The molecule has 4 nitrogen and oxygen atoms in total. The summed E-state index contributed by atoms with van der Waals surface area (Å²) in [6, 6.07) is 3.10. The topological polar surface area (TPSA) is 64.9 Å².